The average molecular weight is 590 g/mol. The number of rotatable bonds is 6. The van der Waals surface area contributed by atoms with E-state index in [1.165, 1.54) is 17.0 Å². The number of hydrogen-bond acceptors (Lipinski definition) is 5. The van der Waals surface area contributed by atoms with Crippen LogP contribution in [0, 0.1) is 11.8 Å². The summed E-state index contributed by atoms with van der Waals surface area (Å²) in [5.74, 6) is -2.74. The Labute approximate surface area is 259 Å². The molecular weight excluding hydrogens is 562 g/mol. The smallest absolute Gasteiger partial charge is 0.338 e. The number of benzene rings is 5. The molecule has 2 bridgehead atoms. The Bertz CT molecular complexity index is 1880. The van der Waals surface area contributed by atoms with E-state index in [2.05, 4.69) is 24.3 Å². The number of imide groups is 1. The third-order valence-corrected chi connectivity index (χ3v) is 9.46. The lowest BCUT2D eigenvalue weighted by Crippen LogP contribution is -2.41. The van der Waals surface area contributed by atoms with Gasteiger partial charge in [-0.1, -0.05) is 103 Å². The summed E-state index contributed by atoms with van der Waals surface area (Å²) in [4.78, 5) is 54.7. The second kappa shape index (κ2) is 10.5. The minimum absolute atomic E-state index is 0.185. The van der Waals surface area contributed by atoms with Crippen molar-refractivity contribution in [2.24, 2.45) is 11.8 Å². The Morgan fingerprint density at radius 2 is 0.978 bits per heavy atom. The Morgan fingerprint density at radius 3 is 1.49 bits per heavy atom. The van der Waals surface area contributed by atoms with E-state index in [1.54, 1.807) is 24.3 Å². The van der Waals surface area contributed by atoms with E-state index < -0.39 is 24.4 Å². The molecule has 0 N–H and O–H groups in total. The first-order chi connectivity index (χ1) is 22.0. The molecule has 0 radical (unpaired) electrons. The molecule has 1 heterocycles. The van der Waals surface area contributed by atoms with Gasteiger partial charge in [-0.25, -0.2) is 9.69 Å². The minimum atomic E-state index is -0.660. The highest BCUT2D eigenvalue weighted by Crippen LogP contribution is 2.61. The molecule has 9 rings (SSSR count). The normalized spacial score (nSPS) is 20.8. The lowest BCUT2D eigenvalue weighted by molar-refractivity contribution is -0.122. The summed E-state index contributed by atoms with van der Waals surface area (Å²) in [5.41, 5.74) is 7.58. The molecule has 0 unspecified atom stereocenters. The fraction of sp³-hybridized carbons (Fsp3) is 0.128. The molecule has 0 saturated carbocycles. The molecule has 0 spiro atoms. The molecule has 45 heavy (non-hydrogen) atoms. The molecule has 1 aliphatic heterocycles. The number of carbonyl (C=O) groups is 4. The summed E-state index contributed by atoms with van der Waals surface area (Å²) in [6, 6.07) is 39.5. The van der Waals surface area contributed by atoms with Crippen molar-refractivity contribution in [1.29, 1.82) is 0 Å². The van der Waals surface area contributed by atoms with E-state index in [-0.39, 0.29) is 35.0 Å². The Hall–Kier alpha value is -5.62. The van der Waals surface area contributed by atoms with Crippen LogP contribution in [0.15, 0.2) is 127 Å². The van der Waals surface area contributed by atoms with Gasteiger partial charge in [0.2, 0.25) is 11.8 Å². The summed E-state index contributed by atoms with van der Waals surface area (Å²) in [6.45, 7) is -0.401. The summed E-state index contributed by atoms with van der Waals surface area (Å²) in [7, 11) is 0. The first-order valence-corrected chi connectivity index (χ1v) is 15.0. The molecule has 0 aromatic heterocycles. The van der Waals surface area contributed by atoms with Crippen LogP contribution in [0.2, 0.25) is 0 Å². The highest BCUT2D eigenvalue weighted by molar-refractivity contribution is 6.23. The fourth-order valence-electron chi connectivity index (χ4n) is 7.46. The molecule has 1 fully saturated rings. The van der Waals surface area contributed by atoms with Crippen molar-refractivity contribution in [2.45, 2.75) is 11.8 Å². The zero-order valence-electron chi connectivity index (χ0n) is 24.1. The van der Waals surface area contributed by atoms with E-state index in [4.69, 9.17) is 4.74 Å². The quantitative estimate of drug-likeness (QED) is 0.124. The van der Waals surface area contributed by atoms with Gasteiger partial charge in [-0.15, -0.1) is 0 Å². The molecule has 1 saturated heterocycles. The number of ketones is 1. The van der Waals surface area contributed by atoms with Crippen LogP contribution < -0.4 is 4.90 Å². The van der Waals surface area contributed by atoms with Gasteiger partial charge < -0.3 is 4.74 Å². The van der Waals surface area contributed by atoms with Gasteiger partial charge in [-0.2, -0.15) is 0 Å². The van der Waals surface area contributed by atoms with Crippen LogP contribution in [-0.2, 0) is 14.3 Å². The van der Waals surface area contributed by atoms with Crippen LogP contribution in [0.3, 0.4) is 0 Å². The second-order valence-electron chi connectivity index (χ2n) is 11.8. The zero-order valence-corrected chi connectivity index (χ0v) is 24.1. The topological polar surface area (TPSA) is 80.8 Å². The Balaban J connectivity index is 0.979. The SMILES string of the molecule is O=C(COC(=O)c1ccc(N2C(=O)[C@@H]3C4c5ccccc5C(c5ccccc54)[C@H]3C2=O)cc1)c1ccc(-c2ccccc2)cc1. The number of Topliss-reactive ketones (excluding diaryl/α,β-unsaturated/α-hetero) is 1. The van der Waals surface area contributed by atoms with Crippen LogP contribution in [-0.4, -0.2) is 30.2 Å². The number of esters is 1. The molecule has 2 amide bonds. The summed E-state index contributed by atoms with van der Waals surface area (Å²) < 4.78 is 5.32. The maximum Gasteiger partial charge on any atom is 0.338 e. The number of nitrogens with zero attached hydrogens (tertiary/aromatic N) is 1. The Morgan fingerprint density at radius 1 is 0.533 bits per heavy atom. The number of carbonyl (C=O) groups excluding carboxylic acids is 4. The van der Waals surface area contributed by atoms with Crippen LogP contribution >= 0.6 is 0 Å². The van der Waals surface area contributed by atoms with Crippen LogP contribution in [0.1, 0.15) is 54.8 Å². The standard InChI is InChI=1S/C39H27NO5/c41-32(25-16-14-24(15-17-25)23-8-2-1-3-9-23)22-45-39(44)26-18-20-27(21-19-26)40-37(42)35-33-28-10-4-5-11-29(28)34(36(35)38(40)43)31-13-7-6-12-30(31)33/h1-21,33-36H,22H2/t33?,34?,35-,36-/m1/s1. The van der Waals surface area contributed by atoms with Gasteiger partial charge in [-0.3, -0.25) is 14.4 Å². The van der Waals surface area contributed by atoms with Crippen molar-refractivity contribution >= 4 is 29.3 Å². The molecule has 5 aromatic rings. The van der Waals surface area contributed by atoms with Crippen molar-refractivity contribution in [3.63, 3.8) is 0 Å². The van der Waals surface area contributed by atoms with E-state index in [1.807, 2.05) is 66.7 Å². The number of amides is 2. The summed E-state index contributed by atoms with van der Waals surface area (Å²) in [6.07, 6.45) is 0. The largest absolute Gasteiger partial charge is 0.454 e. The molecule has 6 nitrogen and oxygen atoms in total. The van der Waals surface area contributed by atoms with E-state index in [0.29, 0.717) is 11.3 Å². The van der Waals surface area contributed by atoms with Crippen LogP contribution in [0.25, 0.3) is 11.1 Å². The summed E-state index contributed by atoms with van der Waals surface area (Å²) in [5, 5.41) is 0. The molecule has 4 aliphatic rings. The molecule has 2 atom stereocenters. The van der Waals surface area contributed by atoms with Gasteiger partial charge in [0.15, 0.2) is 12.4 Å². The van der Waals surface area contributed by atoms with Gasteiger partial charge >= 0.3 is 5.97 Å². The fourth-order valence-corrected chi connectivity index (χ4v) is 7.46. The molecule has 3 aliphatic carbocycles. The van der Waals surface area contributed by atoms with Crippen molar-refractivity contribution in [1.82, 2.24) is 0 Å². The highest BCUT2D eigenvalue weighted by atomic mass is 16.5. The van der Waals surface area contributed by atoms with E-state index in [9.17, 15) is 19.2 Å². The lowest BCUT2D eigenvalue weighted by atomic mass is 9.55. The van der Waals surface area contributed by atoms with Crippen molar-refractivity contribution in [3.8, 4) is 11.1 Å². The van der Waals surface area contributed by atoms with Gasteiger partial charge in [0.1, 0.15) is 0 Å². The Kier molecular flexibility index (Phi) is 6.31. The second-order valence-corrected chi connectivity index (χ2v) is 11.8. The van der Waals surface area contributed by atoms with E-state index in [0.717, 1.165) is 33.4 Å². The van der Waals surface area contributed by atoms with Crippen molar-refractivity contribution in [2.75, 3.05) is 11.5 Å². The number of ether oxygens (including phenoxy) is 1. The highest BCUT2D eigenvalue weighted by Gasteiger charge is 2.61. The maximum absolute atomic E-state index is 14.0. The van der Waals surface area contributed by atoms with Crippen LogP contribution in [0.4, 0.5) is 5.69 Å². The summed E-state index contributed by atoms with van der Waals surface area (Å²) >= 11 is 0. The van der Waals surface area contributed by atoms with Crippen molar-refractivity contribution in [3.05, 3.63) is 161 Å². The minimum Gasteiger partial charge on any atom is -0.454 e. The first kappa shape index (κ1) is 27.0. The van der Waals surface area contributed by atoms with Crippen LogP contribution in [0.5, 0.6) is 0 Å². The third-order valence-electron chi connectivity index (χ3n) is 9.46. The average Bonchev–Trinajstić information content (AvgIpc) is 3.37. The predicted molar refractivity (Wildman–Crippen MR) is 169 cm³/mol. The predicted octanol–water partition coefficient (Wildman–Crippen LogP) is 6.79. The maximum atomic E-state index is 14.0. The van der Waals surface area contributed by atoms with Gasteiger partial charge in [0.05, 0.1) is 23.1 Å². The molecule has 5 aromatic carbocycles. The molecular formula is C39H27NO5. The zero-order chi connectivity index (χ0) is 30.7. The van der Waals surface area contributed by atoms with Crippen molar-refractivity contribution < 1.29 is 23.9 Å². The van der Waals surface area contributed by atoms with Gasteiger partial charge in [0.25, 0.3) is 0 Å². The molecule has 218 valence electrons. The van der Waals surface area contributed by atoms with E-state index >= 15 is 0 Å². The van der Waals surface area contributed by atoms with Gasteiger partial charge in [-0.05, 0) is 57.6 Å². The number of anilines is 1. The number of hydrogen-bond donors (Lipinski definition) is 0. The first-order valence-electron chi connectivity index (χ1n) is 15.0. The van der Waals surface area contributed by atoms with Gasteiger partial charge in [0, 0.05) is 17.4 Å². The third kappa shape index (κ3) is 4.25. The lowest BCUT2D eigenvalue weighted by Gasteiger charge is -2.45. The monoisotopic (exact) mass is 589 g/mol. The molecule has 6 heteroatoms.